The molecule has 0 aromatic heterocycles. The molecule has 1 saturated heterocycles. The molecule has 8 heteroatoms. The number of cyclic esters (lactones) is 1. The number of methoxy groups -OCH3 is 1. The molecule has 0 bridgehead atoms. The van der Waals surface area contributed by atoms with Gasteiger partial charge in [0.2, 0.25) is 0 Å². The molecule has 3 unspecified atom stereocenters. The number of carbonyl (C=O) groups is 1. The summed E-state index contributed by atoms with van der Waals surface area (Å²) in [5.74, 6) is -0.162. The van der Waals surface area contributed by atoms with Crippen molar-refractivity contribution in [3.63, 3.8) is 0 Å². The van der Waals surface area contributed by atoms with Crippen LogP contribution in [-0.4, -0.2) is 57.1 Å². The number of nitrogens with two attached hydrogens (primary N) is 1. The van der Waals surface area contributed by atoms with Gasteiger partial charge < -0.3 is 34.2 Å². The van der Waals surface area contributed by atoms with Crippen LogP contribution in [0.2, 0.25) is 0 Å². The second-order valence-electron chi connectivity index (χ2n) is 9.56. The molecule has 194 valence electrons. The van der Waals surface area contributed by atoms with Gasteiger partial charge in [-0.2, -0.15) is 0 Å². The van der Waals surface area contributed by atoms with E-state index in [4.69, 9.17) is 34.2 Å². The topological polar surface area (TPSA) is 98.5 Å². The number of esters is 1. The van der Waals surface area contributed by atoms with Crippen molar-refractivity contribution in [3.8, 4) is 11.5 Å². The first-order chi connectivity index (χ1) is 16.6. The summed E-state index contributed by atoms with van der Waals surface area (Å²) in [6.07, 6.45) is 8.06. The normalized spacial score (nSPS) is 30.4. The Morgan fingerprint density at radius 3 is 2.54 bits per heavy atom. The Kier molecular flexibility index (Phi) is 9.35. The van der Waals surface area contributed by atoms with Crippen LogP contribution in [0.25, 0.3) is 6.08 Å². The van der Waals surface area contributed by atoms with Crippen LogP contribution in [0.15, 0.2) is 30.4 Å². The van der Waals surface area contributed by atoms with Crippen molar-refractivity contribution >= 4 is 12.0 Å². The quantitative estimate of drug-likeness (QED) is 0.358. The van der Waals surface area contributed by atoms with E-state index in [1.807, 2.05) is 39.8 Å². The van der Waals surface area contributed by atoms with Crippen LogP contribution in [-0.2, 0) is 18.9 Å². The fourth-order valence-electron chi connectivity index (χ4n) is 4.23. The van der Waals surface area contributed by atoms with E-state index in [9.17, 15) is 4.79 Å². The Morgan fingerprint density at radius 1 is 1.09 bits per heavy atom. The molecule has 0 aliphatic carbocycles. The maximum Gasteiger partial charge on any atom is 0.342 e. The predicted molar refractivity (Wildman–Crippen MR) is 133 cm³/mol. The lowest BCUT2D eigenvalue weighted by Gasteiger charge is -2.23. The minimum atomic E-state index is -0.667. The second-order valence-corrected chi connectivity index (χ2v) is 9.56. The number of fused-ring (bicyclic) bond motifs is 2. The van der Waals surface area contributed by atoms with Gasteiger partial charge in [-0.1, -0.05) is 38.2 Å². The number of carbonyl (C=O) groups excluding carboxylic acids is 1. The van der Waals surface area contributed by atoms with Gasteiger partial charge in [0.25, 0.3) is 0 Å². The van der Waals surface area contributed by atoms with Crippen molar-refractivity contribution in [1.29, 1.82) is 0 Å². The maximum absolute atomic E-state index is 13.4. The van der Waals surface area contributed by atoms with Crippen LogP contribution < -0.4 is 15.2 Å². The van der Waals surface area contributed by atoms with Crippen LogP contribution in [0.5, 0.6) is 11.5 Å². The van der Waals surface area contributed by atoms with E-state index in [2.05, 4.69) is 19.1 Å². The Labute approximate surface area is 208 Å². The SMILES string of the molecule is COCOc1cc(OCCN)cc2c1C(=O)O[C@@H](C)[C@H](C)/C=C\C(C)C1OC(C)(C)OC1C/C=C/2. The highest BCUT2D eigenvalue weighted by Gasteiger charge is 2.42. The van der Waals surface area contributed by atoms with E-state index in [0.717, 1.165) is 0 Å². The molecule has 1 aromatic carbocycles. The molecule has 0 saturated carbocycles. The molecule has 2 aliphatic rings. The minimum absolute atomic E-state index is 0.00683. The van der Waals surface area contributed by atoms with Gasteiger partial charge in [0.1, 0.15) is 29.8 Å². The van der Waals surface area contributed by atoms with Gasteiger partial charge in [-0.25, -0.2) is 4.79 Å². The lowest BCUT2D eigenvalue weighted by Crippen LogP contribution is -2.29. The minimum Gasteiger partial charge on any atom is -0.492 e. The molecule has 0 amide bonds. The molecular formula is C27H39NO7. The molecule has 3 rings (SSSR count). The van der Waals surface area contributed by atoms with Gasteiger partial charge in [-0.15, -0.1) is 0 Å². The third kappa shape index (κ3) is 7.07. The Bertz CT molecular complexity index is 926. The van der Waals surface area contributed by atoms with Crippen molar-refractivity contribution in [2.75, 3.05) is 27.1 Å². The van der Waals surface area contributed by atoms with Crippen molar-refractivity contribution in [1.82, 2.24) is 0 Å². The summed E-state index contributed by atoms with van der Waals surface area (Å²) in [5, 5.41) is 0. The van der Waals surface area contributed by atoms with Crippen molar-refractivity contribution in [2.45, 2.75) is 65.1 Å². The van der Waals surface area contributed by atoms with Crippen molar-refractivity contribution < 1.29 is 33.2 Å². The number of hydrogen-bond donors (Lipinski definition) is 1. The average molecular weight is 490 g/mol. The first-order valence-electron chi connectivity index (χ1n) is 12.2. The first-order valence-corrected chi connectivity index (χ1v) is 12.2. The lowest BCUT2D eigenvalue weighted by molar-refractivity contribution is -0.148. The van der Waals surface area contributed by atoms with E-state index < -0.39 is 11.8 Å². The molecule has 1 fully saturated rings. The Hall–Kier alpha value is -2.39. The van der Waals surface area contributed by atoms with Crippen molar-refractivity contribution in [3.05, 3.63) is 41.5 Å². The van der Waals surface area contributed by atoms with Crippen LogP contribution in [0.3, 0.4) is 0 Å². The number of rotatable bonds is 6. The van der Waals surface area contributed by atoms with Crippen LogP contribution in [0.4, 0.5) is 0 Å². The van der Waals surface area contributed by atoms with E-state index in [1.165, 1.54) is 7.11 Å². The highest BCUT2D eigenvalue weighted by atomic mass is 16.8. The smallest absolute Gasteiger partial charge is 0.342 e. The molecule has 35 heavy (non-hydrogen) atoms. The highest BCUT2D eigenvalue weighted by molar-refractivity contribution is 5.97. The predicted octanol–water partition coefficient (Wildman–Crippen LogP) is 4.32. The fraction of sp³-hybridized carbons (Fsp3) is 0.593. The third-order valence-corrected chi connectivity index (χ3v) is 6.19. The summed E-state index contributed by atoms with van der Waals surface area (Å²) in [7, 11) is 1.52. The standard InChI is InChI=1S/C27H39NO7/c1-17-10-11-18(2)25-22(34-27(4,5)35-25)9-7-8-20-14-21(31-13-12-28)15-23(32-16-30-6)24(20)26(29)33-19(17)3/h7-8,10-11,14-15,17-19,22,25H,9,12-13,16,28H2,1-6H3/b8-7+,11-10-/t17-,18?,19+,22?,25?/m1/s1. The summed E-state index contributed by atoms with van der Waals surface area (Å²) < 4.78 is 34.9. The molecule has 5 atom stereocenters. The van der Waals surface area contributed by atoms with Crippen molar-refractivity contribution in [2.24, 2.45) is 17.6 Å². The monoisotopic (exact) mass is 489 g/mol. The Balaban J connectivity index is 2.06. The van der Waals surface area contributed by atoms with Gasteiger partial charge in [-0.3, -0.25) is 0 Å². The zero-order valence-corrected chi connectivity index (χ0v) is 21.6. The molecule has 0 spiro atoms. The van der Waals surface area contributed by atoms with Gasteiger partial charge >= 0.3 is 5.97 Å². The van der Waals surface area contributed by atoms with E-state index in [0.29, 0.717) is 42.2 Å². The van der Waals surface area contributed by atoms with Crippen LogP contribution in [0, 0.1) is 11.8 Å². The largest absolute Gasteiger partial charge is 0.492 e. The molecule has 2 heterocycles. The fourth-order valence-corrected chi connectivity index (χ4v) is 4.23. The lowest BCUT2D eigenvalue weighted by atomic mass is 9.94. The zero-order valence-electron chi connectivity index (χ0n) is 21.6. The van der Waals surface area contributed by atoms with E-state index >= 15 is 0 Å². The molecule has 2 aliphatic heterocycles. The summed E-state index contributed by atoms with van der Waals surface area (Å²) >= 11 is 0. The summed E-state index contributed by atoms with van der Waals surface area (Å²) in [6.45, 7) is 10.6. The Morgan fingerprint density at radius 2 is 1.83 bits per heavy atom. The molecule has 2 N–H and O–H groups in total. The number of benzene rings is 1. The van der Waals surface area contributed by atoms with E-state index in [-0.39, 0.29) is 36.9 Å². The summed E-state index contributed by atoms with van der Waals surface area (Å²) in [4.78, 5) is 13.4. The molecule has 8 nitrogen and oxygen atoms in total. The second kappa shape index (κ2) is 12.0. The van der Waals surface area contributed by atoms with Gasteiger partial charge in [0, 0.05) is 31.6 Å². The maximum atomic E-state index is 13.4. The molecule has 1 aromatic rings. The summed E-state index contributed by atoms with van der Waals surface area (Å²) in [5.41, 5.74) is 6.54. The third-order valence-electron chi connectivity index (χ3n) is 6.19. The van der Waals surface area contributed by atoms with Gasteiger partial charge in [-0.05, 0) is 38.8 Å². The van der Waals surface area contributed by atoms with Gasteiger partial charge in [0.15, 0.2) is 12.6 Å². The van der Waals surface area contributed by atoms with Gasteiger partial charge in [0.05, 0.1) is 12.2 Å². The van der Waals surface area contributed by atoms with Crippen LogP contribution >= 0.6 is 0 Å². The first kappa shape index (κ1) is 27.2. The molecule has 0 radical (unpaired) electrons. The van der Waals surface area contributed by atoms with Crippen LogP contribution in [0.1, 0.15) is 57.0 Å². The molecular weight excluding hydrogens is 450 g/mol. The zero-order chi connectivity index (χ0) is 25.6. The summed E-state index contributed by atoms with van der Waals surface area (Å²) in [6, 6.07) is 3.45. The number of ether oxygens (including phenoxy) is 6. The van der Waals surface area contributed by atoms with E-state index in [1.54, 1.807) is 12.1 Å². The number of hydrogen-bond acceptors (Lipinski definition) is 8. The average Bonchev–Trinajstić information content (AvgIpc) is 3.12. The highest BCUT2D eigenvalue weighted by Crippen LogP contribution is 2.36.